The van der Waals surface area contributed by atoms with Crippen LogP contribution in [0.2, 0.25) is 0 Å². The highest BCUT2D eigenvalue weighted by Gasteiger charge is 2.28. The Morgan fingerprint density at radius 2 is 1.94 bits per heavy atom. The summed E-state index contributed by atoms with van der Waals surface area (Å²) >= 11 is 0. The standard InChI is InChI=1S/C14H27N3O/c1-11-5-8-17(9-6-11)10-7-15-14(18)16-12(2)13-3-4-13/h11-13H,3-10H2,1-2H3,(H2,15,16,18). The lowest BCUT2D eigenvalue weighted by Gasteiger charge is -2.30. The number of rotatable bonds is 5. The summed E-state index contributed by atoms with van der Waals surface area (Å²) in [6.07, 6.45) is 5.14. The molecule has 2 amide bonds. The van der Waals surface area contributed by atoms with Crippen molar-refractivity contribution in [3.05, 3.63) is 0 Å². The molecule has 2 fully saturated rings. The lowest BCUT2D eigenvalue weighted by atomic mass is 9.99. The van der Waals surface area contributed by atoms with Crippen molar-refractivity contribution in [2.75, 3.05) is 26.2 Å². The van der Waals surface area contributed by atoms with E-state index in [1.54, 1.807) is 0 Å². The largest absolute Gasteiger partial charge is 0.337 e. The molecule has 0 bridgehead atoms. The number of nitrogens with zero attached hydrogens (tertiary/aromatic N) is 1. The maximum Gasteiger partial charge on any atom is 0.315 e. The maximum absolute atomic E-state index is 11.6. The number of carbonyl (C=O) groups is 1. The van der Waals surface area contributed by atoms with E-state index >= 15 is 0 Å². The van der Waals surface area contributed by atoms with Gasteiger partial charge in [0.05, 0.1) is 0 Å². The molecule has 2 aliphatic rings. The molecule has 0 spiro atoms. The lowest BCUT2D eigenvalue weighted by molar-refractivity contribution is 0.191. The van der Waals surface area contributed by atoms with Crippen LogP contribution in [-0.4, -0.2) is 43.2 Å². The van der Waals surface area contributed by atoms with Crippen LogP contribution in [0.25, 0.3) is 0 Å². The predicted octanol–water partition coefficient (Wildman–Crippen LogP) is 1.82. The van der Waals surface area contributed by atoms with Crippen molar-refractivity contribution in [1.29, 1.82) is 0 Å². The van der Waals surface area contributed by atoms with Gasteiger partial charge in [-0.25, -0.2) is 4.79 Å². The summed E-state index contributed by atoms with van der Waals surface area (Å²) in [5, 5.41) is 5.98. The van der Waals surface area contributed by atoms with E-state index in [4.69, 9.17) is 0 Å². The number of hydrogen-bond donors (Lipinski definition) is 2. The molecule has 1 saturated carbocycles. The van der Waals surface area contributed by atoms with E-state index in [1.165, 1.54) is 38.8 Å². The van der Waals surface area contributed by atoms with E-state index in [2.05, 4.69) is 29.4 Å². The SMILES string of the molecule is CC1CCN(CCNC(=O)NC(C)C2CC2)CC1. The Morgan fingerprint density at radius 1 is 1.28 bits per heavy atom. The van der Waals surface area contributed by atoms with Crippen LogP contribution >= 0.6 is 0 Å². The van der Waals surface area contributed by atoms with E-state index in [1.807, 2.05) is 0 Å². The Kier molecular flexibility index (Phi) is 4.87. The van der Waals surface area contributed by atoms with Crippen LogP contribution in [0.15, 0.2) is 0 Å². The minimum absolute atomic E-state index is 0.000206. The molecule has 0 aromatic rings. The molecule has 2 N–H and O–H groups in total. The van der Waals surface area contributed by atoms with Gasteiger partial charge in [0.15, 0.2) is 0 Å². The van der Waals surface area contributed by atoms with Gasteiger partial charge >= 0.3 is 6.03 Å². The highest BCUT2D eigenvalue weighted by atomic mass is 16.2. The summed E-state index contributed by atoms with van der Waals surface area (Å²) in [6, 6.07) is 0.334. The quantitative estimate of drug-likeness (QED) is 0.785. The van der Waals surface area contributed by atoms with Crippen molar-refractivity contribution in [2.24, 2.45) is 11.8 Å². The van der Waals surface area contributed by atoms with E-state index in [9.17, 15) is 4.79 Å². The number of piperidine rings is 1. The number of nitrogens with one attached hydrogen (secondary N) is 2. The molecule has 2 rings (SSSR count). The molecular formula is C14H27N3O. The number of urea groups is 1. The van der Waals surface area contributed by atoms with Gasteiger partial charge < -0.3 is 15.5 Å². The third-order valence-electron chi connectivity index (χ3n) is 4.28. The Morgan fingerprint density at radius 3 is 2.56 bits per heavy atom. The minimum Gasteiger partial charge on any atom is -0.337 e. The molecule has 104 valence electrons. The summed E-state index contributed by atoms with van der Waals surface area (Å²) in [5.41, 5.74) is 0. The van der Waals surface area contributed by atoms with Crippen LogP contribution in [0.1, 0.15) is 39.5 Å². The average molecular weight is 253 g/mol. The third-order valence-corrected chi connectivity index (χ3v) is 4.28. The smallest absolute Gasteiger partial charge is 0.315 e. The minimum atomic E-state index is -0.000206. The van der Waals surface area contributed by atoms with Crippen LogP contribution in [0.3, 0.4) is 0 Å². The fourth-order valence-electron chi connectivity index (χ4n) is 2.59. The van der Waals surface area contributed by atoms with Crippen LogP contribution in [0.5, 0.6) is 0 Å². The van der Waals surface area contributed by atoms with Gasteiger partial charge in [-0.1, -0.05) is 6.92 Å². The monoisotopic (exact) mass is 253 g/mol. The van der Waals surface area contributed by atoms with E-state index in [0.717, 1.165) is 24.9 Å². The van der Waals surface area contributed by atoms with Crippen LogP contribution in [0.4, 0.5) is 4.79 Å². The lowest BCUT2D eigenvalue weighted by Crippen LogP contribution is -2.45. The molecule has 0 aromatic carbocycles. The zero-order chi connectivity index (χ0) is 13.0. The Bertz CT molecular complexity index is 270. The first kappa shape index (κ1) is 13.7. The molecule has 1 unspecified atom stereocenters. The number of amides is 2. The number of carbonyl (C=O) groups excluding carboxylic acids is 1. The fourth-order valence-corrected chi connectivity index (χ4v) is 2.59. The first-order valence-corrected chi connectivity index (χ1v) is 7.42. The molecular weight excluding hydrogens is 226 g/mol. The molecule has 1 aliphatic carbocycles. The summed E-state index contributed by atoms with van der Waals surface area (Å²) in [7, 11) is 0. The van der Waals surface area contributed by atoms with Crippen molar-refractivity contribution in [2.45, 2.75) is 45.6 Å². The molecule has 0 aromatic heterocycles. The molecule has 1 saturated heterocycles. The molecule has 1 aliphatic heterocycles. The topological polar surface area (TPSA) is 44.4 Å². The van der Waals surface area contributed by atoms with Crippen molar-refractivity contribution < 1.29 is 4.79 Å². The second kappa shape index (κ2) is 6.41. The van der Waals surface area contributed by atoms with Gasteiger partial charge in [0, 0.05) is 19.1 Å². The number of hydrogen-bond acceptors (Lipinski definition) is 2. The second-order valence-electron chi connectivity index (χ2n) is 6.05. The zero-order valence-corrected chi connectivity index (χ0v) is 11.7. The van der Waals surface area contributed by atoms with E-state index in [-0.39, 0.29) is 6.03 Å². The number of likely N-dealkylation sites (tertiary alicyclic amines) is 1. The van der Waals surface area contributed by atoms with Gasteiger partial charge in [0.2, 0.25) is 0 Å². The van der Waals surface area contributed by atoms with Crippen molar-refractivity contribution >= 4 is 6.03 Å². The van der Waals surface area contributed by atoms with Gasteiger partial charge in [-0.2, -0.15) is 0 Å². The van der Waals surface area contributed by atoms with Crippen LogP contribution in [0, 0.1) is 11.8 Å². The van der Waals surface area contributed by atoms with Gasteiger partial charge in [-0.05, 0) is 57.5 Å². The highest BCUT2D eigenvalue weighted by molar-refractivity contribution is 5.74. The molecule has 4 heteroatoms. The van der Waals surface area contributed by atoms with Crippen molar-refractivity contribution in [3.8, 4) is 0 Å². The second-order valence-corrected chi connectivity index (χ2v) is 6.05. The predicted molar refractivity (Wildman–Crippen MR) is 73.6 cm³/mol. The van der Waals surface area contributed by atoms with E-state index < -0.39 is 0 Å². The van der Waals surface area contributed by atoms with E-state index in [0.29, 0.717) is 6.04 Å². The molecule has 4 nitrogen and oxygen atoms in total. The summed E-state index contributed by atoms with van der Waals surface area (Å²) in [4.78, 5) is 14.1. The summed E-state index contributed by atoms with van der Waals surface area (Å²) < 4.78 is 0. The fraction of sp³-hybridized carbons (Fsp3) is 0.929. The van der Waals surface area contributed by atoms with Crippen LogP contribution in [-0.2, 0) is 0 Å². The maximum atomic E-state index is 11.6. The first-order valence-electron chi connectivity index (χ1n) is 7.42. The molecule has 1 heterocycles. The van der Waals surface area contributed by atoms with Gasteiger partial charge in [-0.3, -0.25) is 0 Å². The normalized spacial score (nSPS) is 23.7. The van der Waals surface area contributed by atoms with Crippen molar-refractivity contribution in [1.82, 2.24) is 15.5 Å². The Labute approximate surface area is 110 Å². The summed E-state index contributed by atoms with van der Waals surface area (Å²) in [6.45, 7) is 8.53. The molecule has 0 radical (unpaired) electrons. The molecule has 1 atom stereocenters. The van der Waals surface area contributed by atoms with Gasteiger partial charge in [-0.15, -0.1) is 0 Å². The zero-order valence-electron chi connectivity index (χ0n) is 11.7. The average Bonchev–Trinajstić information content (AvgIpc) is 3.15. The van der Waals surface area contributed by atoms with Gasteiger partial charge in [0.25, 0.3) is 0 Å². The van der Waals surface area contributed by atoms with Crippen LogP contribution < -0.4 is 10.6 Å². The van der Waals surface area contributed by atoms with Gasteiger partial charge in [0.1, 0.15) is 0 Å². The Hall–Kier alpha value is -0.770. The highest BCUT2D eigenvalue weighted by Crippen LogP contribution is 2.32. The summed E-state index contributed by atoms with van der Waals surface area (Å²) in [5.74, 6) is 1.59. The van der Waals surface area contributed by atoms with Crippen molar-refractivity contribution in [3.63, 3.8) is 0 Å². The molecule has 18 heavy (non-hydrogen) atoms. The Balaban J connectivity index is 1.53. The first-order chi connectivity index (χ1) is 8.65. The third kappa shape index (κ3) is 4.48.